The molecular weight excluding hydrogens is 454 g/mol. The Morgan fingerprint density at radius 2 is 1.34 bits per heavy atom. The summed E-state index contributed by atoms with van der Waals surface area (Å²) in [4.78, 5) is 0. The Bertz CT molecular complexity index is 1010. The third kappa shape index (κ3) is 5.99. The number of benzene rings is 2. The fraction of sp³-hybridized carbons (Fsp3) is 0.478. The molecule has 0 aliphatic carbocycles. The van der Waals surface area contributed by atoms with Crippen LogP contribution in [0.3, 0.4) is 0 Å². The lowest BCUT2D eigenvalue weighted by Crippen LogP contribution is -2.31. The van der Waals surface area contributed by atoms with Gasteiger partial charge in [-0.15, -0.1) is 0 Å². The molecule has 0 saturated heterocycles. The predicted octanol–water partition coefficient (Wildman–Crippen LogP) is -1.44. The Morgan fingerprint density at radius 3 is 1.74 bits per heavy atom. The third-order valence-corrected chi connectivity index (χ3v) is 5.91. The quantitative estimate of drug-likeness (QED) is 0.242. The van der Waals surface area contributed by atoms with Gasteiger partial charge in [0.15, 0.2) is 0 Å². The van der Waals surface area contributed by atoms with E-state index < -0.39 is 20.3 Å². The van der Waals surface area contributed by atoms with Crippen LogP contribution in [0.25, 0.3) is 0 Å². The minimum Gasteiger partial charge on any atom is -0.492 e. The van der Waals surface area contributed by atoms with Gasteiger partial charge in [0, 0.05) is 24.0 Å². The average Bonchev–Trinajstić information content (AvgIpc) is 3.37. The normalized spacial score (nSPS) is 19.1. The molecule has 3 atom stereocenters. The Balaban J connectivity index is 0.000000196. The van der Waals surface area contributed by atoms with Crippen LogP contribution in [0.2, 0.25) is 0 Å². The van der Waals surface area contributed by atoms with Crippen molar-refractivity contribution in [2.45, 2.75) is 39.1 Å². The molecule has 190 valence electrons. The number of aryl methyl sites for hydroxylation is 2. The van der Waals surface area contributed by atoms with Crippen LogP contribution in [0, 0.1) is 13.8 Å². The van der Waals surface area contributed by atoms with E-state index in [1.807, 2.05) is 26.0 Å². The van der Waals surface area contributed by atoms with Crippen molar-refractivity contribution in [1.82, 2.24) is 0 Å². The number of hydrogen-bond donors (Lipinski definition) is 6. The van der Waals surface area contributed by atoms with Gasteiger partial charge < -0.3 is 50.5 Å². The molecule has 2 unspecified atom stereocenters. The summed E-state index contributed by atoms with van der Waals surface area (Å²) < 4.78 is 21.7. The van der Waals surface area contributed by atoms with Crippen LogP contribution in [-0.4, -0.2) is 73.5 Å². The summed E-state index contributed by atoms with van der Waals surface area (Å²) in [5, 5.41) is 37.8. The van der Waals surface area contributed by atoms with E-state index in [-0.39, 0.29) is 32.0 Å². The summed E-state index contributed by atoms with van der Waals surface area (Å²) in [5.41, 5.74) is 16.3. The molecule has 0 bridgehead atoms. The average molecular weight is 488 g/mol. The summed E-state index contributed by atoms with van der Waals surface area (Å²) in [6.45, 7) is 6.45. The first-order valence-electron chi connectivity index (χ1n) is 11.6. The van der Waals surface area contributed by atoms with Crippen LogP contribution in [0.4, 0.5) is 0 Å². The van der Waals surface area contributed by atoms with Gasteiger partial charge in [0.25, 0.3) is 0 Å². The Labute approximate surface area is 206 Å². The highest BCUT2D eigenvalue weighted by molar-refractivity contribution is 6.63. The third-order valence-electron chi connectivity index (χ3n) is 5.91. The van der Waals surface area contributed by atoms with Crippen LogP contribution in [0.5, 0.6) is 11.5 Å². The number of hydrogen-bond acceptors (Lipinski definition) is 10. The van der Waals surface area contributed by atoms with Crippen molar-refractivity contribution in [2.24, 2.45) is 11.5 Å². The molecule has 2 heterocycles. The lowest BCUT2D eigenvalue weighted by Gasteiger charge is -2.15. The summed E-state index contributed by atoms with van der Waals surface area (Å²) in [7, 11) is -2.02. The second kappa shape index (κ2) is 12.2. The van der Waals surface area contributed by atoms with Crippen molar-refractivity contribution < 1.29 is 39.0 Å². The van der Waals surface area contributed by atoms with E-state index in [9.17, 15) is 15.2 Å². The van der Waals surface area contributed by atoms with Crippen LogP contribution in [0.15, 0.2) is 24.3 Å². The lowest BCUT2D eigenvalue weighted by atomic mass is 9.77. The maximum Gasteiger partial charge on any atom is 0.495 e. The smallest absolute Gasteiger partial charge is 0.492 e. The monoisotopic (exact) mass is 488 g/mol. The van der Waals surface area contributed by atoms with Gasteiger partial charge in [0.2, 0.25) is 0 Å². The molecule has 0 radical (unpaired) electrons. The maximum absolute atomic E-state index is 9.93. The van der Waals surface area contributed by atoms with Crippen molar-refractivity contribution in [3.8, 4) is 11.5 Å². The van der Waals surface area contributed by atoms with Crippen molar-refractivity contribution in [3.05, 3.63) is 46.5 Å². The summed E-state index contributed by atoms with van der Waals surface area (Å²) in [6, 6.07) is 7.35. The molecule has 0 aromatic heterocycles. The van der Waals surface area contributed by atoms with Gasteiger partial charge in [-0.05, 0) is 55.2 Å². The molecule has 0 fully saturated rings. The highest BCUT2D eigenvalue weighted by Crippen LogP contribution is 2.31. The zero-order valence-electron chi connectivity index (χ0n) is 20.3. The largest absolute Gasteiger partial charge is 0.495 e. The summed E-state index contributed by atoms with van der Waals surface area (Å²) in [5.74, 6) is 1.09. The standard InChI is InChI=1S/C12H18BNO4.C11H16BNO4/c1-7-3-4-9(17-6-8(2)15)12-11(7)10(5-14)18-13(12)16;1-7-2-3-8(16-5-4-14)11-10(7)9(6-13)17-12(11)15/h3-4,8,10,15-16H,5-6,14H2,1-2H3;2-3,9,14-15H,4-6,13H2,1H3/t;9-/m.1/s1. The minimum absolute atomic E-state index is 0.0695. The topological polar surface area (TPSA) is 170 Å². The van der Waals surface area contributed by atoms with E-state index in [0.29, 0.717) is 35.5 Å². The van der Waals surface area contributed by atoms with Crippen LogP contribution < -0.4 is 31.9 Å². The molecule has 0 spiro atoms. The molecule has 10 nitrogen and oxygen atoms in total. The van der Waals surface area contributed by atoms with Gasteiger partial charge in [0.05, 0.1) is 24.9 Å². The van der Waals surface area contributed by atoms with Gasteiger partial charge in [0.1, 0.15) is 24.7 Å². The first kappa shape index (κ1) is 27.4. The highest BCUT2D eigenvalue weighted by atomic mass is 16.5. The second-order valence-electron chi connectivity index (χ2n) is 8.57. The Kier molecular flexibility index (Phi) is 9.56. The van der Waals surface area contributed by atoms with E-state index >= 15 is 0 Å². The molecule has 2 aliphatic rings. The molecule has 2 aliphatic heterocycles. The minimum atomic E-state index is -1.02. The zero-order valence-corrected chi connectivity index (χ0v) is 20.3. The fourth-order valence-electron chi connectivity index (χ4n) is 4.36. The number of aliphatic hydroxyl groups excluding tert-OH is 2. The molecular formula is C23H34B2N2O8. The molecule has 35 heavy (non-hydrogen) atoms. The first-order chi connectivity index (χ1) is 16.7. The van der Waals surface area contributed by atoms with E-state index in [0.717, 1.165) is 22.3 Å². The van der Waals surface area contributed by atoms with Crippen LogP contribution >= 0.6 is 0 Å². The van der Waals surface area contributed by atoms with Gasteiger partial charge in [-0.2, -0.15) is 0 Å². The maximum atomic E-state index is 9.93. The van der Waals surface area contributed by atoms with E-state index in [1.165, 1.54) is 0 Å². The van der Waals surface area contributed by atoms with E-state index in [2.05, 4.69) is 0 Å². The molecule has 0 saturated carbocycles. The molecule has 8 N–H and O–H groups in total. The van der Waals surface area contributed by atoms with E-state index in [4.69, 9.17) is 35.4 Å². The SMILES string of the molecule is Cc1ccc(OCC(C)O)c2c1C(CN)OB2O.Cc1ccc(OCCO)c2c1[C@@H](CN)OB2O. The fourth-order valence-corrected chi connectivity index (χ4v) is 4.36. The van der Waals surface area contributed by atoms with Gasteiger partial charge >= 0.3 is 14.2 Å². The zero-order chi connectivity index (χ0) is 25.7. The Morgan fingerprint density at radius 1 is 0.886 bits per heavy atom. The number of aliphatic hydroxyl groups is 2. The molecule has 4 rings (SSSR count). The van der Waals surface area contributed by atoms with Gasteiger partial charge in [-0.25, -0.2) is 0 Å². The van der Waals surface area contributed by atoms with Crippen molar-refractivity contribution in [1.29, 1.82) is 0 Å². The van der Waals surface area contributed by atoms with E-state index in [1.54, 1.807) is 19.1 Å². The first-order valence-corrected chi connectivity index (χ1v) is 11.6. The number of ether oxygens (including phenoxy) is 2. The molecule has 12 heteroatoms. The van der Waals surface area contributed by atoms with Crippen molar-refractivity contribution in [2.75, 3.05) is 32.9 Å². The van der Waals surface area contributed by atoms with Crippen LogP contribution in [-0.2, 0) is 9.31 Å². The molecule has 2 aromatic carbocycles. The lowest BCUT2D eigenvalue weighted by molar-refractivity contribution is 0.123. The Hall–Kier alpha value is -2.15. The number of nitrogens with two attached hydrogens (primary N) is 2. The number of fused-ring (bicyclic) bond motifs is 2. The van der Waals surface area contributed by atoms with Gasteiger partial charge in [-0.1, -0.05) is 12.1 Å². The second-order valence-corrected chi connectivity index (χ2v) is 8.57. The van der Waals surface area contributed by atoms with Gasteiger partial charge in [-0.3, -0.25) is 0 Å². The predicted molar refractivity (Wildman–Crippen MR) is 133 cm³/mol. The van der Waals surface area contributed by atoms with Crippen molar-refractivity contribution >= 4 is 25.2 Å². The summed E-state index contributed by atoms with van der Waals surface area (Å²) >= 11 is 0. The molecule has 2 aromatic rings. The summed E-state index contributed by atoms with van der Waals surface area (Å²) in [6.07, 6.45) is -1.16. The molecule has 0 amide bonds. The van der Waals surface area contributed by atoms with Crippen LogP contribution in [0.1, 0.15) is 41.4 Å². The number of rotatable bonds is 8. The van der Waals surface area contributed by atoms with Crippen molar-refractivity contribution in [3.63, 3.8) is 0 Å². The highest BCUT2D eigenvalue weighted by Gasteiger charge is 2.39.